The highest BCUT2D eigenvalue weighted by Crippen LogP contribution is 2.43. The second kappa shape index (κ2) is 8.13. The van der Waals surface area contributed by atoms with Crippen LogP contribution in [0.2, 0.25) is 0 Å². The van der Waals surface area contributed by atoms with E-state index in [0.717, 1.165) is 16.9 Å². The summed E-state index contributed by atoms with van der Waals surface area (Å²) in [5.41, 5.74) is -0.0329. The van der Waals surface area contributed by atoms with Crippen LogP contribution in [0.1, 0.15) is 47.3 Å². The molecule has 3 aliphatic rings. The van der Waals surface area contributed by atoms with E-state index in [1.807, 2.05) is 31.2 Å². The van der Waals surface area contributed by atoms with Crippen molar-refractivity contribution >= 4 is 11.8 Å². The second-order valence-corrected chi connectivity index (χ2v) is 9.72. The number of likely N-dealkylation sites (tertiary alicyclic amines) is 1. The standard InChI is InChI=1S/C24H29FN4O4/c1-16-12-26-27-20(16)22(32)28-8-6-24(7-9-28)14-29(13-17-4-2-3-5-19(17)33-24)21(31)18-10-23(25,11-18)15-30/h2-5,12,18,30H,6-11,13-15H2,1H3,(H,26,27). The van der Waals surface area contributed by atoms with Gasteiger partial charge in [0.2, 0.25) is 5.91 Å². The summed E-state index contributed by atoms with van der Waals surface area (Å²) in [6.07, 6.45) is 2.91. The van der Waals surface area contributed by atoms with Crippen LogP contribution in [0.4, 0.5) is 4.39 Å². The SMILES string of the molecule is Cc1cn[nH]c1C(=O)N1CCC2(CC1)CN(C(=O)C1CC(F)(CO)C1)Cc1ccccc1O2. The third kappa shape index (κ3) is 3.99. The Kier molecular flexibility index (Phi) is 5.39. The molecule has 8 nitrogen and oxygen atoms in total. The predicted octanol–water partition coefficient (Wildman–Crippen LogP) is 2.22. The molecule has 1 saturated heterocycles. The number of nitrogens with zero attached hydrogens (tertiary/aromatic N) is 3. The molecule has 2 fully saturated rings. The van der Waals surface area contributed by atoms with Crippen LogP contribution in [0.25, 0.3) is 0 Å². The lowest BCUT2D eigenvalue weighted by atomic mass is 9.72. The molecule has 1 saturated carbocycles. The zero-order valence-corrected chi connectivity index (χ0v) is 18.7. The third-order valence-corrected chi connectivity index (χ3v) is 7.31. The van der Waals surface area contributed by atoms with E-state index in [1.165, 1.54) is 0 Å². The van der Waals surface area contributed by atoms with Crippen LogP contribution in [-0.4, -0.2) is 74.4 Å². The maximum absolute atomic E-state index is 14.3. The minimum absolute atomic E-state index is 0.0557. The predicted molar refractivity (Wildman–Crippen MR) is 117 cm³/mol. The number of aromatic amines is 1. The molecule has 1 aliphatic carbocycles. The van der Waals surface area contributed by atoms with Gasteiger partial charge >= 0.3 is 0 Å². The number of benzene rings is 1. The fourth-order valence-corrected chi connectivity index (χ4v) is 5.25. The van der Waals surface area contributed by atoms with Gasteiger partial charge in [-0.3, -0.25) is 14.7 Å². The maximum atomic E-state index is 14.3. The van der Waals surface area contributed by atoms with Gasteiger partial charge < -0.3 is 19.6 Å². The van der Waals surface area contributed by atoms with Crippen LogP contribution in [0, 0.1) is 12.8 Å². The number of hydrogen-bond acceptors (Lipinski definition) is 5. The van der Waals surface area contributed by atoms with Gasteiger partial charge in [-0.25, -0.2) is 4.39 Å². The first-order valence-corrected chi connectivity index (χ1v) is 11.5. The summed E-state index contributed by atoms with van der Waals surface area (Å²) in [5.74, 6) is 0.151. The van der Waals surface area contributed by atoms with Crippen molar-refractivity contribution in [2.24, 2.45) is 5.92 Å². The molecule has 33 heavy (non-hydrogen) atoms. The van der Waals surface area contributed by atoms with Gasteiger partial charge in [0.25, 0.3) is 5.91 Å². The third-order valence-electron chi connectivity index (χ3n) is 7.31. The Bertz CT molecular complexity index is 1060. The highest BCUT2D eigenvalue weighted by Gasteiger charge is 2.50. The quantitative estimate of drug-likeness (QED) is 0.738. The minimum Gasteiger partial charge on any atom is -0.485 e. The number of carbonyl (C=O) groups excluding carboxylic acids is 2. The Morgan fingerprint density at radius 2 is 1.97 bits per heavy atom. The van der Waals surface area contributed by atoms with E-state index in [1.54, 1.807) is 16.0 Å². The van der Waals surface area contributed by atoms with E-state index >= 15 is 0 Å². The van der Waals surface area contributed by atoms with Crippen LogP contribution < -0.4 is 4.74 Å². The molecule has 0 atom stereocenters. The zero-order chi connectivity index (χ0) is 23.2. The van der Waals surface area contributed by atoms with Crippen molar-refractivity contribution in [3.05, 3.63) is 47.3 Å². The summed E-state index contributed by atoms with van der Waals surface area (Å²) < 4.78 is 20.8. The normalized spacial score (nSPS) is 26.2. The molecule has 2 amide bonds. The summed E-state index contributed by atoms with van der Waals surface area (Å²) >= 11 is 0. The number of ether oxygens (including phenoxy) is 1. The molecule has 2 N–H and O–H groups in total. The number of aromatic nitrogens is 2. The van der Waals surface area contributed by atoms with Crippen molar-refractivity contribution in [2.75, 3.05) is 26.2 Å². The molecule has 1 spiro atoms. The number of rotatable bonds is 3. The van der Waals surface area contributed by atoms with Crippen molar-refractivity contribution in [1.29, 1.82) is 0 Å². The zero-order valence-electron chi connectivity index (χ0n) is 18.7. The first kappa shape index (κ1) is 21.9. The summed E-state index contributed by atoms with van der Waals surface area (Å²) in [7, 11) is 0. The van der Waals surface area contributed by atoms with Gasteiger partial charge in [-0.1, -0.05) is 18.2 Å². The number of alkyl halides is 1. The molecule has 9 heteroatoms. The van der Waals surface area contributed by atoms with Crippen LogP contribution >= 0.6 is 0 Å². The lowest BCUT2D eigenvalue weighted by Gasteiger charge is -2.45. The number of carbonyl (C=O) groups is 2. The van der Waals surface area contributed by atoms with Gasteiger partial charge in [0.1, 0.15) is 22.7 Å². The first-order chi connectivity index (χ1) is 15.8. The fourth-order valence-electron chi connectivity index (χ4n) is 5.25. The number of nitrogens with one attached hydrogen (secondary N) is 1. The van der Waals surface area contributed by atoms with Crippen LogP contribution in [0.5, 0.6) is 5.75 Å². The van der Waals surface area contributed by atoms with Crippen molar-refractivity contribution < 1.29 is 23.8 Å². The number of aryl methyl sites for hydroxylation is 1. The van der Waals surface area contributed by atoms with E-state index in [9.17, 15) is 19.1 Å². The summed E-state index contributed by atoms with van der Waals surface area (Å²) in [6.45, 7) is 3.10. The van der Waals surface area contributed by atoms with Crippen molar-refractivity contribution in [2.45, 2.75) is 50.4 Å². The number of fused-ring (bicyclic) bond motifs is 1. The van der Waals surface area contributed by atoms with Crippen molar-refractivity contribution in [1.82, 2.24) is 20.0 Å². The largest absolute Gasteiger partial charge is 0.485 e. The summed E-state index contributed by atoms with van der Waals surface area (Å²) in [6, 6.07) is 7.69. The molecule has 0 unspecified atom stereocenters. The highest BCUT2D eigenvalue weighted by atomic mass is 19.1. The Hall–Kier alpha value is -2.94. The Labute approximate surface area is 191 Å². The average molecular weight is 457 g/mol. The molecular weight excluding hydrogens is 427 g/mol. The molecule has 3 heterocycles. The number of halogens is 1. The van der Waals surface area contributed by atoms with Crippen molar-refractivity contribution in [3.8, 4) is 5.75 Å². The van der Waals surface area contributed by atoms with E-state index in [-0.39, 0.29) is 24.7 Å². The number of hydrogen-bond donors (Lipinski definition) is 2. The van der Waals surface area contributed by atoms with Gasteiger partial charge in [-0.2, -0.15) is 5.10 Å². The van der Waals surface area contributed by atoms with Gasteiger partial charge in [0.05, 0.1) is 19.3 Å². The summed E-state index contributed by atoms with van der Waals surface area (Å²) in [4.78, 5) is 29.8. The summed E-state index contributed by atoms with van der Waals surface area (Å²) in [5, 5.41) is 16.0. The van der Waals surface area contributed by atoms with E-state index in [2.05, 4.69) is 10.2 Å². The number of amides is 2. The molecule has 1 aromatic carbocycles. The van der Waals surface area contributed by atoms with E-state index in [0.29, 0.717) is 44.7 Å². The molecular formula is C24H29FN4O4. The van der Waals surface area contributed by atoms with Crippen LogP contribution in [-0.2, 0) is 11.3 Å². The van der Waals surface area contributed by atoms with Crippen LogP contribution in [0.15, 0.2) is 30.5 Å². The Morgan fingerprint density at radius 3 is 2.64 bits per heavy atom. The number of H-pyrrole nitrogens is 1. The monoisotopic (exact) mass is 456 g/mol. The highest BCUT2D eigenvalue weighted by molar-refractivity contribution is 5.93. The fraction of sp³-hybridized carbons (Fsp3) is 0.542. The molecule has 176 valence electrons. The topological polar surface area (TPSA) is 98.8 Å². The van der Waals surface area contributed by atoms with Gasteiger partial charge in [-0.15, -0.1) is 0 Å². The van der Waals surface area contributed by atoms with Gasteiger partial charge in [0, 0.05) is 44.0 Å². The molecule has 5 rings (SSSR count). The van der Waals surface area contributed by atoms with E-state index < -0.39 is 23.8 Å². The second-order valence-electron chi connectivity index (χ2n) is 9.72. The van der Waals surface area contributed by atoms with Crippen LogP contribution in [0.3, 0.4) is 0 Å². The first-order valence-electron chi connectivity index (χ1n) is 11.5. The molecule has 2 aliphatic heterocycles. The lowest BCUT2D eigenvalue weighted by molar-refractivity contribution is -0.151. The Balaban J connectivity index is 1.34. The van der Waals surface area contributed by atoms with Gasteiger partial charge in [-0.05, 0) is 31.4 Å². The molecule has 2 aromatic rings. The minimum atomic E-state index is -1.64. The van der Waals surface area contributed by atoms with Crippen molar-refractivity contribution in [3.63, 3.8) is 0 Å². The average Bonchev–Trinajstić information content (AvgIpc) is 3.15. The number of aliphatic hydroxyl groups is 1. The maximum Gasteiger partial charge on any atom is 0.272 e. The molecule has 0 bridgehead atoms. The molecule has 1 aromatic heterocycles. The Morgan fingerprint density at radius 1 is 1.24 bits per heavy atom. The lowest BCUT2D eigenvalue weighted by Crippen LogP contribution is -2.57. The molecule has 0 radical (unpaired) electrons. The smallest absolute Gasteiger partial charge is 0.272 e. The number of piperidine rings is 1. The van der Waals surface area contributed by atoms with Gasteiger partial charge in [0.15, 0.2) is 0 Å². The number of aliphatic hydroxyl groups excluding tert-OH is 1. The number of para-hydroxylation sites is 1. The van der Waals surface area contributed by atoms with E-state index in [4.69, 9.17) is 4.74 Å².